The summed E-state index contributed by atoms with van der Waals surface area (Å²) in [5, 5.41) is 6.66. The molecule has 2 N–H and O–H groups in total. The molecular weight excluding hydrogens is 495 g/mol. The largest absolute Gasteiger partial charge is 0.474 e. The maximum Gasteiger partial charge on any atom is 0.231 e. The average molecular weight is 524 g/mol. The van der Waals surface area contributed by atoms with E-state index in [0.717, 1.165) is 48.8 Å². The zero-order chi connectivity index (χ0) is 19.9. The van der Waals surface area contributed by atoms with Gasteiger partial charge in [0.25, 0.3) is 0 Å². The van der Waals surface area contributed by atoms with E-state index in [1.165, 1.54) is 18.4 Å². The predicted molar refractivity (Wildman–Crippen MR) is 127 cm³/mol. The molecule has 0 bridgehead atoms. The number of aromatic nitrogens is 1. The Bertz CT molecular complexity index is 839. The van der Waals surface area contributed by atoms with E-state index >= 15 is 0 Å². The van der Waals surface area contributed by atoms with Crippen LogP contribution < -0.4 is 24.8 Å². The Labute approximate surface area is 194 Å². The van der Waals surface area contributed by atoms with Crippen molar-refractivity contribution in [2.75, 3.05) is 20.4 Å². The summed E-state index contributed by atoms with van der Waals surface area (Å²) in [7, 11) is 1.77. The molecule has 0 saturated heterocycles. The lowest BCUT2D eigenvalue weighted by Crippen LogP contribution is -2.37. The quantitative estimate of drug-likeness (QED) is 0.327. The number of benzene rings is 1. The maximum atomic E-state index is 5.92. The van der Waals surface area contributed by atoms with Crippen LogP contribution in [0.2, 0.25) is 0 Å². The molecule has 1 aromatic heterocycles. The van der Waals surface area contributed by atoms with Crippen LogP contribution in [0.5, 0.6) is 17.4 Å². The zero-order valence-corrected chi connectivity index (χ0v) is 19.6. The summed E-state index contributed by atoms with van der Waals surface area (Å²) in [6.45, 7) is 1.72. The molecule has 1 aromatic carbocycles. The zero-order valence-electron chi connectivity index (χ0n) is 17.2. The third-order valence-electron chi connectivity index (χ3n) is 5.21. The van der Waals surface area contributed by atoms with Crippen LogP contribution in [-0.4, -0.2) is 37.4 Å². The average Bonchev–Trinajstić information content (AvgIpc) is 3.43. The molecule has 4 rings (SSSR count). The van der Waals surface area contributed by atoms with Crippen molar-refractivity contribution in [3.8, 4) is 17.4 Å². The normalized spacial score (nSPS) is 15.6. The highest BCUT2D eigenvalue weighted by Gasteiger charge is 2.17. The van der Waals surface area contributed by atoms with Gasteiger partial charge in [-0.2, -0.15) is 0 Å². The van der Waals surface area contributed by atoms with Crippen molar-refractivity contribution < 1.29 is 14.2 Å². The highest BCUT2D eigenvalue weighted by molar-refractivity contribution is 14.0. The third-order valence-corrected chi connectivity index (χ3v) is 5.21. The lowest BCUT2D eigenvalue weighted by atomic mass is 10.1. The molecule has 162 valence electrons. The predicted octanol–water partition coefficient (Wildman–Crippen LogP) is 3.66. The number of nitrogens with one attached hydrogen (secondary N) is 2. The Morgan fingerprint density at radius 2 is 1.90 bits per heavy atom. The molecule has 2 heterocycles. The molecule has 30 heavy (non-hydrogen) atoms. The molecule has 1 aliphatic heterocycles. The Morgan fingerprint density at radius 1 is 1.10 bits per heavy atom. The SMILES string of the molecule is CN=C(NCCc1ccc2c(c1)OCO2)NCc1ccc(OC2CCCC2)nc1.I. The summed E-state index contributed by atoms with van der Waals surface area (Å²) in [5.74, 6) is 3.11. The van der Waals surface area contributed by atoms with Crippen molar-refractivity contribution in [3.63, 3.8) is 0 Å². The lowest BCUT2D eigenvalue weighted by molar-refractivity contribution is 0.174. The second kappa shape index (κ2) is 11.2. The van der Waals surface area contributed by atoms with Crippen molar-refractivity contribution in [2.45, 2.75) is 44.8 Å². The van der Waals surface area contributed by atoms with E-state index in [1.807, 2.05) is 30.5 Å². The number of hydrogen-bond donors (Lipinski definition) is 2. The molecule has 7 nitrogen and oxygen atoms in total. The van der Waals surface area contributed by atoms with Gasteiger partial charge in [-0.1, -0.05) is 12.1 Å². The first-order valence-electron chi connectivity index (χ1n) is 10.2. The number of pyridine rings is 1. The van der Waals surface area contributed by atoms with E-state index in [4.69, 9.17) is 14.2 Å². The van der Waals surface area contributed by atoms with Crippen molar-refractivity contribution >= 4 is 29.9 Å². The number of nitrogens with zero attached hydrogens (tertiary/aromatic N) is 2. The van der Waals surface area contributed by atoms with Gasteiger partial charge in [-0.25, -0.2) is 4.98 Å². The van der Waals surface area contributed by atoms with Crippen LogP contribution in [0.3, 0.4) is 0 Å². The first-order chi connectivity index (χ1) is 14.3. The van der Waals surface area contributed by atoms with Gasteiger partial charge in [0.05, 0.1) is 0 Å². The van der Waals surface area contributed by atoms with Gasteiger partial charge >= 0.3 is 0 Å². The maximum absolute atomic E-state index is 5.92. The molecule has 1 saturated carbocycles. The van der Waals surface area contributed by atoms with Gasteiger partial charge in [0.15, 0.2) is 17.5 Å². The van der Waals surface area contributed by atoms with Gasteiger partial charge in [-0.05, 0) is 55.4 Å². The van der Waals surface area contributed by atoms with Crippen LogP contribution in [0.4, 0.5) is 0 Å². The van der Waals surface area contributed by atoms with E-state index in [-0.39, 0.29) is 24.0 Å². The number of ether oxygens (including phenoxy) is 3. The fourth-order valence-electron chi connectivity index (χ4n) is 3.59. The van der Waals surface area contributed by atoms with Gasteiger partial charge in [0, 0.05) is 32.4 Å². The third kappa shape index (κ3) is 6.13. The summed E-state index contributed by atoms with van der Waals surface area (Å²) in [4.78, 5) is 8.71. The van der Waals surface area contributed by atoms with Crippen LogP contribution >= 0.6 is 24.0 Å². The Kier molecular flexibility index (Phi) is 8.41. The van der Waals surface area contributed by atoms with Crippen LogP contribution in [0.1, 0.15) is 36.8 Å². The van der Waals surface area contributed by atoms with Crippen LogP contribution in [0, 0.1) is 0 Å². The first-order valence-corrected chi connectivity index (χ1v) is 10.2. The fraction of sp³-hybridized carbons (Fsp3) is 0.455. The number of aliphatic imine (C=N–C) groups is 1. The van der Waals surface area contributed by atoms with Crippen LogP contribution in [-0.2, 0) is 13.0 Å². The number of hydrogen-bond acceptors (Lipinski definition) is 5. The Morgan fingerprint density at radius 3 is 2.67 bits per heavy atom. The van der Waals surface area contributed by atoms with E-state index in [2.05, 4.69) is 26.7 Å². The number of guanidine groups is 1. The Balaban J connectivity index is 0.00000256. The molecule has 2 aromatic rings. The van der Waals surface area contributed by atoms with E-state index in [9.17, 15) is 0 Å². The van der Waals surface area contributed by atoms with Gasteiger partial charge in [0.2, 0.25) is 12.7 Å². The minimum Gasteiger partial charge on any atom is -0.474 e. The summed E-state index contributed by atoms with van der Waals surface area (Å²) in [5.41, 5.74) is 2.28. The van der Waals surface area contributed by atoms with Crippen molar-refractivity contribution in [1.82, 2.24) is 15.6 Å². The first kappa shape index (κ1) is 22.5. The molecular formula is C22H29IN4O3. The number of rotatable bonds is 7. The topological polar surface area (TPSA) is 77.0 Å². The molecule has 0 radical (unpaired) electrons. The summed E-state index contributed by atoms with van der Waals surface area (Å²) in [6.07, 6.45) is 7.85. The minimum atomic E-state index is 0. The van der Waals surface area contributed by atoms with E-state index in [1.54, 1.807) is 7.05 Å². The van der Waals surface area contributed by atoms with Gasteiger partial charge in [-0.3, -0.25) is 4.99 Å². The van der Waals surface area contributed by atoms with Crippen LogP contribution in [0.15, 0.2) is 41.5 Å². The lowest BCUT2D eigenvalue weighted by Gasteiger charge is -2.13. The molecule has 0 atom stereocenters. The second-order valence-electron chi connectivity index (χ2n) is 7.32. The monoisotopic (exact) mass is 524 g/mol. The second-order valence-corrected chi connectivity index (χ2v) is 7.32. The Hall–Kier alpha value is -2.23. The molecule has 1 aliphatic carbocycles. The van der Waals surface area contributed by atoms with Gasteiger partial charge in [0.1, 0.15) is 6.10 Å². The van der Waals surface area contributed by atoms with E-state index in [0.29, 0.717) is 25.3 Å². The van der Waals surface area contributed by atoms with Gasteiger partial charge in [-0.15, -0.1) is 24.0 Å². The summed E-state index contributed by atoms with van der Waals surface area (Å²) < 4.78 is 16.7. The standard InChI is InChI=1S/C22H28N4O3.HI/c1-23-22(24-11-10-16-6-8-19-20(12-16)28-15-27-19)26-14-17-7-9-21(25-13-17)29-18-4-2-3-5-18;/h6-9,12-13,18H,2-5,10-11,14-15H2,1H3,(H2,23,24,26);1H. The van der Waals surface area contributed by atoms with E-state index < -0.39 is 0 Å². The highest BCUT2D eigenvalue weighted by atomic mass is 127. The fourth-order valence-corrected chi connectivity index (χ4v) is 3.59. The minimum absolute atomic E-state index is 0. The number of halogens is 1. The molecule has 1 fully saturated rings. The summed E-state index contributed by atoms with van der Waals surface area (Å²) >= 11 is 0. The molecule has 2 aliphatic rings. The van der Waals surface area contributed by atoms with Gasteiger partial charge < -0.3 is 24.8 Å². The van der Waals surface area contributed by atoms with Crippen LogP contribution in [0.25, 0.3) is 0 Å². The number of fused-ring (bicyclic) bond motifs is 1. The van der Waals surface area contributed by atoms with Crippen molar-refractivity contribution in [3.05, 3.63) is 47.7 Å². The molecule has 0 amide bonds. The molecule has 8 heteroatoms. The smallest absolute Gasteiger partial charge is 0.231 e. The summed E-state index contributed by atoms with van der Waals surface area (Å²) in [6, 6.07) is 10.0. The van der Waals surface area contributed by atoms with Crippen molar-refractivity contribution in [1.29, 1.82) is 0 Å². The highest BCUT2D eigenvalue weighted by Crippen LogP contribution is 2.32. The van der Waals surface area contributed by atoms with Crippen molar-refractivity contribution in [2.24, 2.45) is 4.99 Å². The molecule has 0 spiro atoms. The molecule has 0 unspecified atom stereocenters.